The molecule has 0 bridgehead atoms. The van der Waals surface area contributed by atoms with E-state index in [1.54, 1.807) is 18.2 Å². The first-order chi connectivity index (χ1) is 8.58. The topological polar surface area (TPSA) is 29.1 Å². The van der Waals surface area contributed by atoms with Crippen LogP contribution in [0.5, 0.6) is 0 Å². The lowest BCUT2D eigenvalue weighted by molar-refractivity contribution is 0.102. The Morgan fingerprint density at radius 3 is 2.67 bits per heavy atom. The monoisotopic (exact) mass is 435 g/mol. The molecule has 18 heavy (non-hydrogen) atoms. The molecule has 1 N–H and O–H groups in total. The first kappa shape index (κ1) is 13.8. The molecule has 92 valence electrons. The van der Waals surface area contributed by atoms with Crippen LogP contribution in [0.2, 0.25) is 5.02 Å². The minimum Gasteiger partial charge on any atom is -0.321 e. The zero-order valence-electron chi connectivity index (χ0n) is 9.08. The van der Waals surface area contributed by atoms with Crippen LogP contribution in [0.1, 0.15) is 10.4 Å². The average Bonchev–Trinajstić information content (AvgIpc) is 2.34. The lowest BCUT2D eigenvalue weighted by Gasteiger charge is -2.08. The summed E-state index contributed by atoms with van der Waals surface area (Å²) >= 11 is 11.5. The summed E-state index contributed by atoms with van der Waals surface area (Å²) in [5.74, 6) is -0.167. The van der Waals surface area contributed by atoms with E-state index in [0.717, 1.165) is 8.04 Å². The van der Waals surface area contributed by atoms with Crippen molar-refractivity contribution in [2.24, 2.45) is 0 Å². The van der Waals surface area contributed by atoms with Gasteiger partial charge in [-0.05, 0) is 52.9 Å². The van der Waals surface area contributed by atoms with E-state index in [1.807, 2.05) is 24.3 Å². The molecule has 2 aromatic carbocycles. The van der Waals surface area contributed by atoms with Gasteiger partial charge in [-0.2, -0.15) is 0 Å². The molecule has 0 aliphatic rings. The zero-order chi connectivity index (χ0) is 13.1. The van der Waals surface area contributed by atoms with Crippen LogP contribution in [0.3, 0.4) is 0 Å². The number of rotatable bonds is 2. The smallest absolute Gasteiger partial charge is 0.256 e. The summed E-state index contributed by atoms with van der Waals surface area (Å²) < 4.78 is 1.77. The van der Waals surface area contributed by atoms with Crippen molar-refractivity contribution in [1.29, 1.82) is 0 Å². The number of hydrogen-bond donors (Lipinski definition) is 1. The third kappa shape index (κ3) is 3.24. The van der Waals surface area contributed by atoms with E-state index in [0.29, 0.717) is 16.3 Å². The van der Waals surface area contributed by atoms with Crippen LogP contribution in [0.4, 0.5) is 5.69 Å². The Morgan fingerprint density at radius 1 is 1.22 bits per heavy atom. The fourth-order valence-electron chi connectivity index (χ4n) is 1.43. The Morgan fingerprint density at radius 2 is 1.94 bits per heavy atom. The summed E-state index contributed by atoms with van der Waals surface area (Å²) in [6, 6.07) is 12.7. The largest absolute Gasteiger partial charge is 0.321 e. The lowest BCUT2D eigenvalue weighted by atomic mass is 10.2. The second-order valence-corrected chi connectivity index (χ2v) is 6.04. The molecule has 0 saturated carbocycles. The van der Waals surface area contributed by atoms with Crippen LogP contribution in [0.15, 0.2) is 46.9 Å². The number of amides is 1. The van der Waals surface area contributed by atoms with Crippen molar-refractivity contribution < 1.29 is 4.79 Å². The van der Waals surface area contributed by atoms with E-state index in [2.05, 4.69) is 43.8 Å². The predicted molar refractivity (Wildman–Crippen MR) is 86.3 cm³/mol. The molecule has 0 heterocycles. The summed E-state index contributed by atoms with van der Waals surface area (Å²) in [5, 5.41) is 3.31. The summed E-state index contributed by atoms with van der Waals surface area (Å²) in [5.41, 5.74) is 1.23. The highest BCUT2D eigenvalue weighted by molar-refractivity contribution is 14.1. The highest BCUT2D eigenvalue weighted by Gasteiger charge is 2.11. The number of carbonyl (C=O) groups is 1. The van der Waals surface area contributed by atoms with Crippen LogP contribution < -0.4 is 5.32 Å². The van der Waals surface area contributed by atoms with Crippen molar-refractivity contribution in [1.82, 2.24) is 0 Å². The first-order valence-corrected chi connectivity index (χ1v) is 7.34. The second-order valence-electron chi connectivity index (χ2n) is 3.56. The fraction of sp³-hybridized carbons (Fsp3) is 0. The number of benzene rings is 2. The average molecular weight is 436 g/mol. The van der Waals surface area contributed by atoms with Crippen molar-refractivity contribution >= 4 is 61.7 Å². The molecule has 0 spiro atoms. The van der Waals surface area contributed by atoms with Gasteiger partial charge in [-0.15, -0.1) is 0 Å². The van der Waals surface area contributed by atoms with Gasteiger partial charge in [-0.1, -0.05) is 39.7 Å². The minimum atomic E-state index is -0.167. The van der Waals surface area contributed by atoms with Crippen molar-refractivity contribution in [3.8, 4) is 0 Å². The van der Waals surface area contributed by atoms with Crippen LogP contribution >= 0.6 is 50.1 Å². The molecule has 5 heteroatoms. The Bertz CT molecular complexity index is 603. The van der Waals surface area contributed by atoms with Gasteiger partial charge in [0.05, 0.1) is 16.3 Å². The minimum absolute atomic E-state index is 0.167. The van der Waals surface area contributed by atoms with Crippen molar-refractivity contribution in [2.75, 3.05) is 5.32 Å². The number of anilines is 1. The molecule has 2 aromatic rings. The van der Waals surface area contributed by atoms with Gasteiger partial charge >= 0.3 is 0 Å². The highest BCUT2D eigenvalue weighted by Crippen LogP contribution is 2.26. The van der Waals surface area contributed by atoms with Crippen molar-refractivity contribution in [3.05, 3.63) is 61.1 Å². The van der Waals surface area contributed by atoms with E-state index in [4.69, 9.17) is 11.6 Å². The Labute approximate surface area is 132 Å². The molecule has 0 radical (unpaired) electrons. The van der Waals surface area contributed by atoms with E-state index >= 15 is 0 Å². The highest BCUT2D eigenvalue weighted by atomic mass is 127. The SMILES string of the molecule is O=C(Nc1cc(Br)ccc1Cl)c1ccccc1I. The molecule has 1 amide bonds. The summed E-state index contributed by atoms with van der Waals surface area (Å²) in [7, 11) is 0. The van der Waals surface area contributed by atoms with Gasteiger partial charge in [-0.3, -0.25) is 4.79 Å². The van der Waals surface area contributed by atoms with Gasteiger partial charge in [0, 0.05) is 8.04 Å². The fourth-order valence-corrected chi connectivity index (χ4v) is 2.59. The van der Waals surface area contributed by atoms with Crippen LogP contribution in [0.25, 0.3) is 0 Å². The number of hydrogen-bond acceptors (Lipinski definition) is 1. The van der Waals surface area contributed by atoms with Gasteiger partial charge < -0.3 is 5.32 Å². The molecule has 2 rings (SSSR count). The zero-order valence-corrected chi connectivity index (χ0v) is 13.6. The normalized spacial score (nSPS) is 10.2. The second kappa shape index (κ2) is 6.04. The molecular weight excluding hydrogens is 428 g/mol. The Hall–Kier alpha value is -0.590. The maximum Gasteiger partial charge on any atom is 0.256 e. The van der Waals surface area contributed by atoms with E-state index in [1.165, 1.54) is 0 Å². The van der Waals surface area contributed by atoms with E-state index in [-0.39, 0.29) is 5.91 Å². The molecule has 0 aliphatic heterocycles. The Balaban J connectivity index is 2.27. The molecule has 0 saturated heterocycles. The molecule has 0 aromatic heterocycles. The molecule has 0 atom stereocenters. The van der Waals surface area contributed by atoms with E-state index < -0.39 is 0 Å². The summed E-state index contributed by atoms with van der Waals surface area (Å²) in [6.45, 7) is 0. The predicted octanol–water partition coefficient (Wildman–Crippen LogP) is 4.96. The summed E-state index contributed by atoms with van der Waals surface area (Å²) in [6.07, 6.45) is 0. The lowest BCUT2D eigenvalue weighted by Crippen LogP contribution is -2.13. The first-order valence-electron chi connectivity index (χ1n) is 5.09. The molecule has 0 unspecified atom stereocenters. The quantitative estimate of drug-likeness (QED) is 0.663. The molecule has 2 nitrogen and oxygen atoms in total. The number of carbonyl (C=O) groups excluding carboxylic acids is 1. The maximum absolute atomic E-state index is 12.1. The van der Waals surface area contributed by atoms with Crippen LogP contribution in [-0.4, -0.2) is 5.91 Å². The molecule has 0 fully saturated rings. The van der Waals surface area contributed by atoms with Gasteiger partial charge in [0.2, 0.25) is 0 Å². The summed E-state index contributed by atoms with van der Waals surface area (Å²) in [4.78, 5) is 12.1. The third-order valence-electron chi connectivity index (χ3n) is 2.30. The van der Waals surface area contributed by atoms with E-state index in [9.17, 15) is 4.79 Å². The third-order valence-corrected chi connectivity index (χ3v) is 4.06. The van der Waals surface area contributed by atoms with Crippen molar-refractivity contribution in [3.63, 3.8) is 0 Å². The van der Waals surface area contributed by atoms with Crippen LogP contribution in [-0.2, 0) is 0 Å². The number of nitrogens with one attached hydrogen (secondary N) is 1. The number of halogens is 3. The van der Waals surface area contributed by atoms with Gasteiger partial charge in [0.25, 0.3) is 5.91 Å². The van der Waals surface area contributed by atoms with Gasteiger partial charge in [0.15, 0.2) is 0 Å². The molecule has 0 aliphatic carbocycles. The van der Waals surface area contributed by atoms with Gasteiger partial charge in [0.1, 0.15) is 0 Å². The van der Waals surface area contributed by atoms with Crippen molar-refractivity contribution in [2.45, 2.75) is 0 Å². The standard InChI is InChI=1S/C13H8BrClINO/c14-8-5-6-10(15)12(7-8)17-13(18)9-3-1-2-4-11(9)16/h1-7H,(H,17,18). The molecular formula is C13H8BrClINO. The van der Waals surface area contributed by atoms with Gasteiger partial charge in [-0.25, -0.2) is 0 Å². The van der Waals surface area contributed by atoms with Crippen LogP contribution in [0, 0.1) is 3.57 Å². The maximum atomic E-state index is 12.1. The Kier molecular flexibility index (Phi) is 4.64.